The van der Waals surface area contributed by atoms with Crippen LogP contribution in [0.25, 0.3) is 0 Å². The zero-order valence-corrected chi connectivity index (χ0v) is 11.6. The molecule has 18 heavy (non-hydrogen) atoms. The summed E-state index contributed by atoms with van der Waals surface area (Å²) in [5, 5.41) is 0. The molecule has 0 N–H and O–H groups in total. The maximum Gasteiger partial charge on any atom is 0.0257 e. The van der Waals surface area contributed by atoms with Crippen LogP contribution in [0.4, 0.5) is 0 Å². The van der Waals surface area contributed by atoms with E-state index >= 15 is 0 Å². The maximum absolute atomic E-state index is 3.21. The standard InChI is InChI=1S/C18H22/c1-3-5-7-9-12-17-14-11-15-18(16-17)13-10-8-6-4-2/h11,14-16H,3-8H2,1-2H3. The summed E-state index contributed by atoms with van der Waals surface area (Å²) in [5.41, 5.74) is 2.15. The molecular formula is C18H22. The molecule has 0 aliphatic heterocycles. The molecule has 1 aromatic carbocycles. The molecule has 0 aromatic heterocycles. The van der Waals surface area contributed by atoms with E-state index in [1.54, 1.807) is 0 Å². The Morgan fingerprint density at radius 2 is 1.33 bits per heavy atom. The largest absolute Gasteiger partial charge is 0.0979 e. The first kappa shape index (κ1) is 14.4. The molecule has 1 rings (SSSR count). The molecule has 0 atom stereocenters. The lowest BCUT2D eigenvalue weighted by molar-refractivity contribution is 0.828. The van der Waals surface area contributed by atoms with E-state index in [0.717, 1.165) is 24.0 Å². The Labute approximate surface area is 112 Å². The second-order valence-corrected chi connectivity index (χ2v) is 4.39. The predicted octanol–water partition coefficient (Wildman–Crippen LogP) is 4.77. The lowest BCUT2D eigenvalue weighted by Gasteiger charge is -1.92. The van der Waals surface area contributed by atoms with E-state index in [1.165, 1.54) is 25.7 Å². The van der Waals surface area contributed by atoms with Crippen molar-refractivity contribution in [3.63, 3.8) is 0 Å². The normalized spacial score (nSPS) is 9.00. The van der Waals surface area contributed by atoms with E-state index in [2.05, 4.69) is 55.7 Å². The van der Waals surface area contributed by atoms with Gasteiger partial charge in [-0.15, -0.1) is 0 Å². The van der Waals surface area contributed by atoms with Gasteiger partial charge < -0.3 is 0 Å². The average molecular weight is 238 g/mol. The number of benzene rings is 1. The zero-order valence-electron chi connectivity index (χ0n) is 11.6. The summed E-state index contributed by atoms with van der Waals surface area (Å²) in [5.74, 6) is 12.8. The second kappa shape index (κ2) is 9.38. The van der Waals surface area contributed by atoms with Gasteiger partial charge in [0.2, 0.25) is 0 Å². The minimum absolute atomic E-state index is 0.989. The summed E-state index contributed by atoms with van der Waals surface area (Å²) in [6.45, 7) is 4.38. The summed E-state index contributed by atoms with van der Waals surface area (Å²) in [7, 11) is 0. The topological polar surface area (TPSA) is 0 Å². The molecule has 0 fully saturated rings. The van der Waals surface area contributed by atoms with E-state index in [9.17, 15) is 0 Å². The summed E-state index contributed by atoms with van der Waals surface area (Å²) in [6, 6.07) is 8.22. The van der Waals surface area contributed by atoms with E-state index < -0.39 is 0 Å². The van der Waals surface area contributed by atoms with Gasteiger partial charge in [-0.3, -0.25) is 0 Å². The van der Waals surface area contributed by atoms with Gasteiger partial charge in [0.1, 0.15) is 0 Å². The van der Waals surface area contributed by atoms with Crippen LogP contribution in [0.1, 0.15) is 63.5 Å². The van der Waals surface area contributed by atoms with Gasteiger partial charge in [-0.05, 0) is 31.0 Å². The third-order valence-corrected chi connectivity index (χ3v) is 2.64. The van der Waals surface area contributed by atoms with Crippen LogP contribution in [0.3, 0.4) is 0 Å². The van der Waals surface area contributed by atoms with E-state index in [-0.39, 0.29) is 0 Å². The summed E-state index contributed by atoms with van der Waals surface area (Å²) >= 11 is 0. The lowest BCUT2D eigenvalue weighted by Crippen LogP contribution is -1.79. The van der Waals surface area contributed by atoms with Crippen molar-refractivity contribution in [3.05, 3.63) is 35.4 Å². The van der Waals surface area contributed by atoms with Crippen molar-refractivity contribution in [3.8, 4) is 23.7 Å². The smallest absolute Gasteiger partial charge is 0.0257 e. The molecule has 0 nitrogen and oxygen atoms in total. The Bertz CT molecular complexity index is 419. The third kappa shape index (κ3) is 6.17. The van der Waals surface area contributed by atoms with Crippen LogP contribution in [0.2, 0.25) is 0 Å². The van der Waals surface area contributed by atoms with Gasteiger partial charge in [0, 0.05) is 24.0 Å². The minimum Gasteiger partial charge on any atom is -0.0979 e. The third-order valence-electron chi connectivity index (χ3n) is 2.64. The Morgan fingerprint density at radius 3 is 1.78 bits per heavy atom. The fraction of sp³-hybridized carbons (Fsp3) is 0.444. The highest BCUT2D eigenvalue weighted by Gasteiger charge is 1.89. The van der Waals surface area contributed by atoms with E-state index in [0.29, 0.717) is 0 Å². The number of rotatable bonds is 4. The van der Waals surface area contributed by atoms with Gasteiger partial charge >= 0.3 is 0 Å². The molecule has 0 heteroatoms. The predicted molar refractivity (Wildman–Crippen MR) is 79.2 cm³/mol. The lowest BCUT2D eigenvalue weighted by atomic mass is 10.1. The molecule has 0 unspecified atom stereocenters. The summed E-state index contributed by atoms with van der Waals surface area (Å²) < 4.78 is 0. The van der Waals surface area contributed by atoms with Gasteiger partial charge in [-0.2, -0.15) is 0 Å². The molecule has 0 heterocycles. The molecule has 0 bridgehead atoms. The van der Waals surface area contributed by atoms with Crippen LogP contribution >= 0.6 is 0 Å². The van der Waals surface area contributed by atoms with Crippen LogP contribution in [-0.2, 0) is 0 Å². The van der Waals surface area contributed by atoms with Crippen molar-refractivity contribution >= 4 is 0 Å². The SMILES string of the molecule is CCCCC#Cc1cccc(C#CCCCC)c1. The Morgan fingerprint density at radius 1 is 0.833 bits per heavy atom. The van der Waals surface area contributed by atoms with Crippen molar-refractivity contribution in [1.82, 2.24) is 0 Å². The van der Waals surface area contributed by atoms with Crippen LogP contribution in [0.5, 0.6) is 0 Å². The number of unbranched alkanes of at least 4 members (excludes halogenated alkanes) is 4. The highest BCUT2D eigenvalue weighted by Crippen LogP contribution is 2.03. The van der Waals surface area contributed by atoms with Crippen molar-refractivity contribution in [2.75, 3.05) is 0 Å². The first-order valence-electron chi connectivity index (χ1n) is 6.94. The fourth-order valence-electron chi connectivity index (χ4n) is 1.53. The van der Waals surface area contributed by atoms with Crippen LogP contribution < -0.4 is 0 Å². The van der Waals surface area contributed by atoms with Gasteiger partial charge in [-0.1, -0.05) is 56.4 Å². The van der Waals surface area contributed by atoms with Crippen molar-refractivity contribution in [2.45, 2.75) is 52.4 Å². The maximum atomic E-state index is 3.21. The highest BCUT2D eigenvalue weighted by atomic mass is 13.9. The molecule has 94 valence electrons. The molecule has 0 radical (unpaired) electrons. The van der Waals surface area contributed by atoms with Crippen LogP contribution in [0.15, 0.2) is 24.3 Å². The molecular weight excluding hydrogens is 216 g/mol. The van der Waals surface area contributed by atoms with Crippen molar-refractivity contribution in [2.24, 2.45) is 0 Å². The Hall–Kier alpha value is -1.66. The first-order valence-corrected chi connectivity index (χ1v) is 6.94. The van der Waals surface area contributed by atoms with Crippen molar-refractivity contribution < 1.29 is 0 Å². The first-order chi connectivity index (χ1) is 8.86. The van der Waals surface area contributed by atoms with Gasteiger partial charge in [0.05, 0.1) is 0 Å². The molecule has 0 amide bonds. The summed E-state index contributed by atoms with van der Waals surface area (Å²) in [4.78, 5) is 0. The fourth-order valence-corrected chi connectivity index (χ4v) is 1.53. The quantitative estimate of drug-likeness (QED) is 0.523. The van der Waals surface area contributed by atoms with Crippen LogP contribution in [0, 0.1) is 23.7 Å². The number of hydrogen-bond donors (Lipinski definition) is 0. The Kier molecular flexibility index (Phi) is 7.50. The van der Waals surface area contributed by atoms with Crippen molar-refractivity contribution in [1.29, 1.82) is 0 Å². The average Bonchev–Trinajstić information content (AvgIpc) is 2.40. The zero-order chi connectivity index (χ0) is 13.1. The molecule has 0 aliphatic carbocycles. The number of hydrogen-bond acceptors (Lipinski definition) is 0. The summed E-state index contributed by atoms with van der Waals surface area (Å²) in [6.07, 6.45) is 6.76. The van der Waals surface area contributed by atoms with Gasteiger partial charge in [0.15, 0.2) is 0 Å². The molecule has 0 spiro atoms. The second-order valence-electron chi connectivity index (χ2n) is 4.39. The monoisotopic (exact) mass is 238 g/mol. The molecule has 0 saturated heterocycles. The minimum atomic E-state index is 0.989. The molecule has 1 aromatic rings. The Balaban J connectivity index is 2.59. The molecule has 0 aliphatic rings. The molecule has 0 saturated carbocycles. The highest BCUT2D eigenvalue weighted by molar-refractivity contribution is 5.43. The van der Waals surface area contributed by atoms with Gasteiger partial charge in [0.25, 0.3) is 0 Å². The van der Waals surface area contributed by atoms with Crippen LogP contribution in [-0.4, -0.2) is 0 Å². The van der Waals surface area contributed by atoms with E-state index in [4.69, 9.17) is 0 Å². The van der Waals surface area contributed by atoms with E-state index in [1.807, 2.05) is 6.07 Å². The van der Waals surface area contributed by atoms with Gasteiger partial charge in [-0.25, -0.2) is 0 Å².